The number of ether oxygens (including phenoxy) is 1. The normalized spacial score (nSPS) is 10.7. The van der Waals surface area contributed by atoms with Gasteiger partial charge in [0.2, 0.25) is 0 Å². The van der Waals surface area contributed by atoms with E-state index in [0.29, 0.717) is 12.2 Å². The number of hydrogen-bond acceptors (Lipinski definition) is 3. The Hall–Kier alpha value is -2.03. The van der Waals surface area contributed by atoms with E-state index < -0.39 is 0 Å². The highest BCUT2D eigenvalue weighted by atomic mass is 16.5. The zero-order valence-corrected chi connectivity index (χ0v) is 12.3. The lowest BCUT2D eigenvalue weighted by atomic mass is 10.1. The van der Waals surface area contributed by atoms with Crippen LogP contribution in [0.4, 0.5) is 0 Å². The topological polar surface area (TPSA) is 39.4 Å². The van der Waals surface area contributed by atoms with Crippen LogP contribution in [0.2, 0.25) is 0 Å². The van der Waals surface area contributed by atoms with E-state index in [9.17, 15) is 4.79 Å². The van der Waals surface area contributed by atoms with E-state index in [0.717, 1.165) is 24.0 Å². The van der Waals surface area contributed by atoms with Gasteiger partial charge < -0.3 is 9.15 Å². The maximum atomic E-state index is 11.2. The Bertz CT molecular complexity index is 628. The molecule has 0 fully saturated rings. The summed E-state index contributed by atoms with van der Waals surface area (Å²) in [4.78, 5) is 11.2. The zero-order chi connectivity index (χ0) is 14.9. The van der Waals surface area contributed by atoms with Crippen molar-refractivity contribution in [2.75, 3.05) is 6.61 Å². The van der Waals surface area contributed by atoms with E-state index >= 15 is 0 Å². The molecule has 1 heterocycles. The van der Waals surface area contributed by atoms with E-state index in [1.807, 2.05) is 18.2 Å². The van der Waals surface area contributed by atoms with Crippen molar-refractivity contribution in [1.82, 2.24) is 0 Å². The van der Waals surface area contributed by atoms with Crippen LogP contribution in [-0.2, 0) is 0 Å². The number of unbranched alkanes of at least 4 members (excludes halogenated alkanes) is 5. The third-order valence-electron chi connectivity index (χ3n) is 3.42. The van der Waals surface area contributed by atoms with Gasteiger partial charge in [-0.25, -0.2) is 4.79 Å². The van der Waals surface area contributed by atoms with Crippen molar-refractivity contribution in [2.45, 2.75) is 38.5 Å². The van der Waals surface area contributed by atoms with Crippen LogP contribution < -0.4 is 10.4 Å². The molecule has 2 rings (SSSR count). The Balaban J connectivity index is 1.73. The van der Waals surface area contributed by atoms with Crippen molar-refractivity contribution in [1.29, 1.82) is 0 Å². The van der Waals surface area contributed by atoms with E-state index in [1.165, 1.54) is 31.7 Å². The van der Waals surface area contributed by atoms with Crippen molar-refractivity contribution < 1.29 is 9.15 Å². The second kappa shape index (κ2) is 8.30. The Morgan fingerprint density at radius 1 is 1.05 bits per heavy atom. The number of rotatable bonds is 9. The molecule has 1 aromatic heterocycles. The molecule has 0 atom stereocenters. The highest BCUT2D eigenvalue weighted by Gasteiger charge is 2.00. The first-order valence-electron chi connectivity index (χ1n) is 7.57. The summed E-state index contributed by atoms with van der Waals surface area (Å²) < 4.78 is 10.8. The second-order valence-corrected chi connectivity index (χ2v) is 5.15. The smallest absolute Gasteiger partial charge is 0.336 e. The molecule has 0 N–H and O–H groups in total. The van der Waals surface area contributed by atoms with Crippen molar-refractivity contribution in [2.24, 2.45) is 0 Å². The molecule has 3 heteroatoms. The minimum atomic E-state index is -0.334. The van der Waals surface area contributed by atoms with Gasteiger partial charge in [-0.2, -0.15) is 0 Å². The fourth-order valence-electron chi connectivity index (χ4n) is 2.24. The Labute approximate surface area is 125 Å². The van der Waals surface area contributed by atoms with Crippen LogP contribution in [0, 0.1) is 0 Å². The number of allylic oxidation sites excluding steroid dienone is 1. The lowest BCUT2D eigenvalue weighted by Crippen LogP contribution is -1.98. The quantitative estimate of drug-likeness (QED) is 0.381. The van der Waals surface area contributed by atoms with E-state index in [-0.39, 0.29) is 5.63 Å². The summed E-state index contributed by atoms with van der Waals surface area (Å²) in [5, 5.41) is 0.907. The summed E-state index contributed by atoms with van der Waals surface area (Å²) in [5.41, 5.74) is 0.239. The van der Waals surface area contributed by atoms with Crippen molar-refractivity contribution in [3.05, 3.63) is 53.4 Å². The van der Waals surface area contributed by atoms with Gasteiger partial charge >= 0.3 is 5.63 Å². The lowest BCUT2D eigenvalue weighted by molar-refractivity contribution is 0.304. The fourth-order valence-corrected chi connectivity index (χ4v) is 2.24. The summed E-state index contributed by atoms with van der Waals surface area (Å²) >= 11 is 0. The second-order valence-electron chi connectivity index (χ2n) is 5.15. The molecular weight excluding hydrogens is 264 g/mol. The maximum Gasteiger partial charge on any atom is 0.336 e. The fraction of sp³-hybridized carbons (Fsp3) is 0.389. The van der Waals surface area contributed by atoms with Crippen LogP contribution in [0.3, 0.4) is 0 Å². The molecule has 0 saturated heterocycles. The predicted molar refractivity (Wildman–Crippen MR) is 85.9 cm³/mol. The average Bonchev–Trinajstić information content (AvgIpc) is 2.49. The largest absolute Gasteiger partial charge is 0.493 e. The molecule has 3 nitrogen and oxygen atoms in total. The van der Waals surface area contributed by atoms with Gasteiger partial charge in [-0.05, 0) is 37.5 Å². The molecule has 2 aromatic rings. The molecule has 1 aromatic carbocycles. The average molecular weight is 286 g/mol. The molecule has 0 spiro atoms. The molecular formula is C18H22O3. The summed E-state index contributed by atoms with van der Waals surface area (Å²) in [7, 11) is 0. The van der Waals surface area contributed by atoms with Crippen molar-refractivity contribution >= 4 is 11.0 Å². The van der Waals surface area contributed by atoms with Gasteiger partial charge in [-0.15, -0.1) is 6.58 Å². The third-order valence-corrected chi connectivity index (χ3v) is 3.42. The number of benzene rings is 1. The van der Waals surface area contributed by atoms with Crippen LogP contribution >= 0.6 is 0 Å². The molecule has 0 bridgehead atoms. The minimum Gasteiger partial charge on any atom is -0.493 e. The van der Waals surface area contributed by atoms with Crippen LogP contribution in [0.15, 0.2) is 52.2 Å². The molecule has 112 valence electrons. The summed E-state index contributed by atoms with van der Waals surface area (Å²) in [6.07, 6.45) is 9.04. The summed E-state index contributed by atoms with van der Waals surface area (Å²) in [5.74, 6) is 0.753. The van der Waals surface area contributed by atoms with Crippen molar-refractivity contribution in [3.8, 4) is 5.75 Å². The Morgan fingerprint density at radius 2 is 1.81 bits per heavy atom. The number of fused-ring (bicyclic) bond motifs is 1. The van der Waals surface area contributed by atoms with Gasteiger partial charge in [0.1, 0.15) is 11.3 Å². The first-order valence-corrected chi connectivity index (χ1v) is 7.57. The van der Waals surface area contributed by atoms with E-state index in [1.54, 1.807) is 12.1 Å². The van der Waals surface area contributed by atoms with E-state index in [4.69, 9.17) is 9.15 Å². The zero-order valence-electron chi connectivity index (χ0n) is 12.3. The highest BCUT2D eigenvalue weighted by Crippen LogP contribution is 2.19. The first kappa shape index (κ1) is 15.4. The van der Waals surface area contributed by atoms with Gasteiger partial charge in [0.25, 0.3) is 0 Å². The SMILES string of the molecule is C=CCCCCCCCOc1ccc2ccc(=O)oc2c1. The molecule has 0 aliphatic heterocycles. The predicted octanol–water partition coefficient (Wildman–Crippen LogP) is 4.70. The molecule has 0 unspecified atom stereocenters. The maximum absolute atomic E-state index is 11.2. The van der Waals surface area contributed by atoms with E-state index in [2.05, 4.69) is 6.58 Å². The van der Waals surface area contributed by atoms with Crippen LogP contribution in [0.1, 0.15) is 38.5 Å². The Kier molecular flexibility index (Phi) is 6.07. The van der Waals surface area contributed by atoms with Crippen LogP contribution in [-0.4, -0.2) is 6.61 Å². The summed E-state index contributed by atoms with van der Waals surface area (Å²) in [6, 6.07) is 8.78. The number of hydrogen-bond donors (Lipinski definition) is 0. The molecule has 0 aliphatic rings. The van der Waals surface area contributed by atoms with Gasteiger partial charge in [0.05, 0.1) is 6.61 Å². The van der Waals surface area contributed by atoms with Crippen LogP contribution in [0.5, 0.6) is 5.75 Å². The standard InChI is InChI=1S/C18H22O3/c1-2-3-4-5-6-7-8-13-20-16-11-9-15-10-12-18(19)21-17(15)14-16/h2,9-12,14H,1,3-8,13H2. The van der Waals surface area contributed by atoms with Gasteiger partial charge in [-0.1, -0.05) is 25.3 Å². The van der Waals surface area contributed by atoms with Crippen molar-refractivity contribution in [3.63, 3.8) is 0 Å². The van der Waals surface area contributed by atoms with Gasteiger partial charge in [0.15, 0.2) is 0 Å². The Morgan fingerprint density at radius 3 is 2.67 bits per heavy atom. The molecule has 21 heavy (non-hydrogen) atoms. The van der Waals surface area contributed by atoms with Gasteiger partial charge in [-0.3, -0.25) is 0 Å². The first-order chi connectivity index (χ1) is 10.3. The minimum absolute atomic E-state index is 0.334. The molecule has 0 saturated carbocycles. The monoisotopic (exact) mass is 286 g/mol. The summed E-state index contributed by atoms with van der Waals surface area (Å²) in [6.45, 7) is 4.42. The lowest BCUT2D eigenvalue weighted by Gasteiger charge is -2.06. The third kappa shape index (κ3) is 5.10. The molecule has 0 radical (unpaired) electrons. The van der Waals surface area contributed by atoms with Crippen LogP contribution in [0.25, 0.3) is 11.0 Å². The molecule has 0 aliphatic carbocycles. The van der Waals surface area contributed by atoms with Gasteiger partial charge in [0, 0.05) is 17.5 Å². The highest BCUT2D eigenvalue weighted by molar-refractivity contribution is 5.77. The molecule has 0 amide bonds.